The Bertz CT molecular complexity index is 1440. The molecule has 0 spiro atoms. The van der Waals surface area contributed by atoms with Gasteiger partial charge in [-0.15, -0.1) is 0 Å². The molecular weight excluding hydrogens is 477 g/mol. The Hall–Kier alpha value is -4.51. The van der Waals surface area contributed by atoms with Gasteiger partial charge in [0.05, 0.1) is 30.4 Å². The Morgan fingerprint density at radius 2 is 2.00 bits per heavy atom. The average Bonchev–Trinajstić information content (AvgIpc) is 3.30. The lowest BCUT2D eigenvalue weighted by Crippen LogP contribution is -2.29. The minimum Gasteiger partial charge on any atom is -0.494 e. The van der Waals surface area contributed by atoms with Gasteiger partial charge in [-0.1, -0.05) is 23.9 Å². The number of aromatic nitrogens is 3. The van der Waals surface area contributed by atoms with Crippen LogP contribution in [0.4, 0.5) is 27.4 Å². The summed E-state index contributed by atoms with van der Waals surface area (Å²) in [6, 6.07) is 9.56. The maximum Gasteiger partial charge on any atom is 0.247 e. The largest absolute Gasteiger partial charge is 0.494 e. The van der Waals surface area contributed by atoms with E-state index in [1.807, 2.05) is 32.1 Å². The highest BCUT2D eigenvalue weighted by molar-refractivity contribution is 6.02. The van der Waals surface area contributed by atoms with Gasteiger partial charge in [0.1, 0.15) is 17.1 Å². The van der Waals surface area contributed by atoms with Gasteiger partial charge in [0.15, 0.2) is 11.3 Å². The zero-order chi connectivity index (χ0) is 26.5. The highest BCUT2D eigenvalue weighted by atomic mass is 19.1. The molecule has 11 heteroatoms. The Balaban J connectivity index is 1.72. The lowest BCUT2D eigenvalue weighted by atomic mass is 10.1. The Morgan fingerprint density at radius 1 is 1.19 bits per heavy atom. The molecule has 0 aliphatic rings. The molecule has 1 amide bonds. The quantitative estimate of drug-likeness (QED) is 0.305. The van der Waals surface area contributed by atoms with Crippen molar-refractivity contribution in [3.63, 3.8) is 0 Å². The summed E-state index contributed by atoms with van der Waals surface area (Å²) in [5.74, 6) is 0.330. The number of hydrogen-bond acceptors (Lipinski definition) is 9. The van der Waals surface area contributed by atoms with Gasteiger partial charge in [-0.05, 0) is 38.4 Å². The first-order chi connectivity index (χ1) is 17.8. The van der Waals surface area contributed by atoms with E-state index >= 15 is 0 Å². The summed E-state index contributed by atoms with van der Waals surface area (Å²) < 4.78 is 24.8. The van der Waals surface area contributed by atoms with Crippen molar-refractivity contribution in [2.75, 3.05) is 56.9 Å². The molecule has 2 N–H and O–H groups in total. The second-order valence-corrected chi connectivity index (χ2v) is 8.56. The highest BCUT2D eigenvalue weighted by Crippen LogP contribution is 2.38. The molecule has 2 aromatic heterocycles. The van der Waals surface area contributed by atoms with Gasteiger partial charge in [-0.2, -0.15) is 0 Å². The number of nitrogens with one attached hydrogen (secondary N) is 2. The van der Waals surface area contributed by atoms with Gasteiger partial charge in [-0.3, -0.25) is 4.79 Å². The first-order valence-corrected chi connectivity index (χ1v) is 11.5. The predicted molar refractivity (Wildman–Crippen MR) is 142 cm³/mol. The van der Waals surface area contributed by atoms with Crippen molar-refractivity contribution in [2.24, 2.45) is 0 Å². The molecule has 0 bridgehead atoms. The standard InChI is InChI=1S/C26H28FN7O3/c1-6-23(35)29-18-13-19(22(36-5)14-21(18)34(4)11-10-33(2)3)30-26-28-15-20-24(31-26)25(37-32-20)16-8-7-9-17(27)12-16/h6-9,12-15H,1,10-11H2,2-5H3,(H,29,35)(H,30,31). The van der Waals surface area contributed by atoms with Crippen molar-refractivity contribution in [3.05, 3.63) is 61.1 Å². The van der Waals surface area contributed by atoms with Crippen LogP contribution in [0.3, 0.4) is 0 Å². The minimum atomic E-state index is -0.399. The molecule has 10 nitrogen and oxygen atoms in total. The molecule has 4 aromatic rings. The predicted octanol–water partition coefficient (Wildman–Crippen LogP) is 4.30. The molecule has 2 aromatic carbocycles. The summed E-state index contributed by atoms with van der Waals surface area (Å²) in [5.41, 5.74) is 3.19. The van der Waals surface area contributed by atoms with Crippen LogP contribution in [0.15, 0.2) is 59.8 Å². The number of ether oxygens (including phenoxy) is 1. The monoisotopic (exact) mass is 505 g/mol. The van der Waals surface area contributed by atoms with Crippen molar-refractivity contribution in [1.82, 2.24) is 20.0 Å². The van der Waals surface area contributed by atoms with Crippen LogP contribution < -0.4 is 20.3 Å². The Kier molecular flexibility index (Phi) is 7.63. The smallest absolute Gasteiger partial charge is 0.247 e. The maximum absolute atomic E-state index is 13.8. The van der Waals surface area contributed by atoms with Crippen LogP contribution in [0.1, 0.15) is 0 Å². The van der Waals surface area contributed by atoms with Crippen molar-refractivity contribution < 1.29 is 18.4 Å². The lowest BCUT2D eigenvalue weighted by molar-refractivity contribution is -0.111. The van der Waals surface area contributed by atoms with Gasteiger partial charge < -0.3 is 29.7 Å². The molecule has 2 heterocycles. The normalized spacial score (nSPS) is 11.0. The summed E-state index contributed by atoms with van der Waals surface area (Å²) >= 11 is 0. The molecule has 0 aliphatic carbocycles. The van der Waals surface area contributed by atoms with Crippen LogP contribution >= 0.6 is 0 Å². The number of carbonyl (C=O) groups excluding carboxylic acids is 1. The van der Waals surface area contributed by atoms with Gasteiger partial charge >= 0.3 is 0 Å². The number of hydrogen-bond donors (Lipinski definition) is 2. The number of rotatable bonds is 10. The van der Waals surface area contributed by atoms with E-state index in [9.17, 15) is 9.18 Å². The summed E-state index contributed by atoms with van der Waals surface area (Å²) in [5, 5.41) is 9.99. The van der Waals surface area contributed by atoms with E-state index < -0.39 is 5.82 Å². The molecule has 0 fully saturated rings. The number of nitrogens with zero attached hydrogens (tertiary/aromatic N) is 5. The Morgan fingerprint density at radius 3 is 2.70 bits per heavy atom. The van der Waals surface area contributed by atoms with E-state index in [0.717, 1.165) is 18.8 Å². The number of carbonyl (C=O) groups is 1. The number of anilines is 4. The van der Waals surface area contributed by atoms with E-state index in [1.54, 1.807) is 25.3 Å². The molecule has 4 rings (SSSR count). The van der Waals surface area contributed by atoms with E-state index in [2.05, 4.69) is 37.2 Å². The zero-order valence-corrected chi connectivity index (χ0v) is 21.1. The molecule has 0 unspecified atom stereocenters. The third kappa shape index (κ3) is 5.84. The topological polar surface area (TPSA) is 109 Å². The van der Waals surface area contributed by atoms with Crippen molar-refractivity contribution in [3.8, 4) is 17.1 Å². The number of methoxy groups -OCH3 is 1. The van der Waals surface area contributed by atoms with Gasteiger partial charge in [0.2, 0.25) is 11.9 Å². The van der Waals surface area contributed by atoms with Gasteiger partial charge in [0.25, 0.3) is 0 Å². The minimum absolute atomic E-state index is 0.237. The number of amides is 1. The zero-order valence-electron chi connectivity index (χ0n) is 21.1. The fourth-order valence-electron chi connectivity index (χ4n) is 3.65. The van der Waals surface area contributed by atoms with E-state index in [-0.39, 0.29) is 11.9 Å². The average molecular weight is 506 g/mol. The SMILES string of the molecule is C=CC(=O)Nc1cc(Nc2ncc3noc(-c4cccc(F)c4)c3n2)c(OC)cc1N(C)CCN(C)C. The van der Waals surface area contributed by atoms with Crippen molar-refractivity contribution >= 4 is 40.0 Å². The molecule has 0 saturated carbocycles. The summed E-state index contributed by atoms with van der Waals surface area (Å²) in [6.45, 7) is 5.08. The van der Waals surface area contributed by atoms with Crippen LogP contribution in [0.25, 0.3) is 22.4 Å². The molecule has 0 saturated heterocycles. The molecule has 0 radical (unpaired) electrons. The Labute approximate surface area is 213 Å². The van der Waals surface area contributed by atoms with Gasteiger partial charge in [0, 0.05) is 31.8 Å². The highest BCUT2D eigenvalue weighted by Gasteiger charge is 2.18. The molecule has 0 atom stereocenters. The second kappa shape index (κ2) is 11.0. The fraction of sp³-hybridized carbons (Fsp3) is 0.231. The number of benzene rings is 2. The fourth-order valence-corrected chi connectivity index (χ4v) is 3.65. The lowest BCUT2D eigenvalue weighted by Gasteiger charge is -2.25. The summed E-state index contributed by atoms with van der Waals surface area (Å²) in [7, 11) is 7.48. The third-order valence-corrected chi connectivity index (χ3v) is 5.61. The molecule has 37 heavy (non-hydrogen) atoms. The van der Waals surface area contributed by atoms with Crippen LogP contribution in [0.5, 0.6) is 5.75 Å². The van der Waals surface area contributed by atoms with Crippen molar-refractivity contribution in [2.45, 2.75) is 0 Å². The van der Waals surface area contributed by atoms with Crippen LogP contribution in [-0.2, 0) is 4.79 Å². The second-order valence-electron chi connectivity index (χ2n) is 8.56. The van der Waals surface area contributed by atoms with Crippen LogP contribution in [0, 0.1) is 5.82 Å². The first-order valence-electron chi connectivity index (χ1n) is 11.5. The molecular formula is C26H28FN7O3. The van der Waals surface area contributed by atoms with Gasteiger partial charge in [-0.25, -0.2) is 14.4 Å². The third-order valence-electron chi connectivity index (χ3n) is 5.61. The molecule has 192 valence electrons. The summed E-state index contributed by atoms with van der Waals surface area (Å²) in [4.78, 5) is 25.1. The maximum atomic E-state index is 13.8. The van der Waals surface area contributed by atoms with Crippen molar-refractivity contribution in [1.29, 1.82) is 0 Å². The van der Waals surface area contributed by atoms with Crippen LogP contribution in [-0.4, -0.2) is 67.3 Å². The number of likely N-dealkylation sites (N-methyl/N-ethyl adjacent to an activating group) is 2. The van der Waals surface area contributed by atoms with E-state index in [0.29, 0.717) is 39.5 Å². The molecule has 0 aliphatic heterocycles. The first kappa shape index (κ1) is 25.6. The number of halogens is 1. The summed E-state index contributed by atoms with van der Waals surface area (Å²) in [6.07, 6.45) is 2.71. The number of fused-ring (bicyclic) bond motifs is 1. The van der Waals surface area contributed by atoms with E-state index in [1.165, 1.54) is 24.4 Å². The van der Waals surface area contributed by atoms with E-state index in [4.69, 9.17) is 9.26 Å². The van der Waals surface area contributed by atoms with Crippen LogP contribution in [0.2, 0.25) is 0 Å².